The van der Waals surface area contributed by atoms with Crippen molar-refractivity contribution in [3.8, 4) is 0 Å². The van der Waals surface area contributed by atoms with E-state index in [1.54, 1.807) is 7.05 Å². The lowest BCUT2D eigenvalue weighted by molar-refractivity contribution is -0.133. The lowest BCUT2D eigenvalue weighted by Crippen LogP contribution is -2.59. The number of halogens is 1. The second-order valence-electron chi connectivity index (χ2n) is 4.71. The van der Waals surface area contributed by atoms with Crippen LogP contribution in [0.5, 0.6) is 0 Å². The molecule has 2 amide bonds. The fourth-order valence-corrected chi connectivity index (χ4v) is 2.88. The third kappa shape index (κ3) is 2.29. The zero-order chi connectivity index (χ0) is 14.8. The van der Waals surface area contributed by atoms with Gasteiger partial charge in [0.05, 0.1) is 18.4 Å². The SMILES string of the molecule is CNC(=O)C1(COC)CCCN1C(=O)c1ccoc1Cl. The summed E-state index contributed by atoms with van der Waals surface area (Å²) in [6, 6.07) is 1.50. The molecule has 0 radical (unpaired) electrons. The van der Waals surface area contributed by atoms with E-state index in [9.17, 15) is 9.59 Å². The first-order chi connectivity index (χ1) is 9.56. The molecule has 2 heterocycles. The standard InChI is InChI=1S/C13H17ClN2O4/c1-15-12(18)13(8-19-2)5-3-6-16(13)11(17)9-4-7-20-10(9)14/h4,7H,3,5-6,8H2,1-2H3,(H,15,18). The molecule has 0 aromatic carbocycles. The van der Waals surface area contributed by atoms with Gasteiger partial charge in [-0.25, -0.2) is 0 Å². The van der Waals surface area contributed by atoms with Gasteiger partial charge in [0.2, 0.25) is 11.1 Å². The van der Waals surface area contributed by atoms with E-state index in [1.807, 2.05) is 0 Å². The Labute approximate surface area is 122 Å². The predicted molar refractivity (Wildman–Crippen MR) is 72.7 cm³/mol. The summed E-state index contributed by atoms with van der Waals surface area (Å²) >= 11 is 5.85. The molecule has 7 heteroatoms. The third-order valence-corrected chi connectivity index (χ3v) is 3.91. The average molecular weight is 301 g/mol. The van der Waals surface area contributed by atoms with E-state index >= 15 is 0 Å². The molecule has 0 bridgehead atoms. The summed E-state index contributed by atoms with van der Waals surface area (Å²) in [5.74, 6) is -0.549. The molecule has 1 N–H and O–H groups in total. The minimum Gasteiger partial charge on any atom is -0.452 e. The second-order valence-corrected chi connectivity index (χ2v) is 5.06. The van der Waals surface area contributed by atoms with Crippen molar-refractivity contribution in [3.05, 3.63) is 23.1 Å². The van der Waals surface area contributed by atoms with Gasteiger partial charge in [-0.15, -0.1) is 0 Å². The molecule has 2 rings (SSSR count). The largest absolute Gasteiger partial charge is 0.452 e. The molecule has 0 saturated carbocycles. The van der Waals surface area contributed by atoms with E-state index in [2.05, 4.69) is 5.32 Å². The van der Waals surface area contributed by atoms with Gasteiger partial charge in [0.15, 0.2) is 0 Å². The van der Waals surface area contributed by atoms with Crippen LogP contribution < -0.4 is 5.32 Å². The highest BCUT2D eigenvalue weighted by Crippen LogP contribution is 2.33. The van der Waals surface area contributed by atoms with Gasteiger partial charge >= 0.3 is 0 Å². The van der Waals surface area contributed by atoms with E-state index in [-0.39, 0.29) is 29.2 Å². The summed E-state index contributed by atoms with van der Waals surface area (Å²) < 4.78 is 10.1. The number of carbonyl (C=O) groups is 2. The van der Waals surface area contributed by atoms with Crippen LogP contribution in [0.2, 0.25) is 5.22 Å². The van der Waals surface area contributed by atoms with Crippen LogP contribution in [0.3, 0.4) is 0 Å². The predicted octanol–water partition coefficient (Wildman–Crippen LogP) is 1.30. The molecule has 0 spiro atoms. The maximum absolute atomic E-state index is 12.6. The number of likely N-dealkylation sites (tertiary alicyclic amines) is 1. The topological polar surface area (TPSA) is 71.8 Å². The van der Waals surface area contributed by atoms with Gasteiger partial charge in [-0.2, -0.15) is 0 Å². The van der Waals surface area contributed by atoms with Gasteiger partial charge in [-0.3, -0.25) is 9.59 Å². The molecule has 1 atom stereocenters. The lowest BCUT2D eigenvalue weighted by atomic mass is 9.95. The van der Waals surface area contributed by atoms with Gasteiger partial charge in [-0.05, 0) is 30.5 Å². The zero-order valence-electron chi connectivity index (χ0n) is 11.4. The van der Waals surface area contributed by atoms with Crippen molar-refractivity contribution in [2.24, 2.45) is 0 Å². The summed E-state index contributed by atoms with van der Waals surface area (Å²) in [4.78, 5) is 26.4. The third-order valence-electron chi connectivity index (χ3n) is 3.62. The molecule has 1 saturated heterocycles. The van der Waals surface area contributed by atoms with Crippen molar-refractivity contribution >= 4 is 23.4 Å². The maximum atomic E-state index is 12.6. The summed E-state index contributed by atoms with van der Waals surface area (Å²) in [5, 5.41) is 2.64. The van der Waals surface area contributed by atoms with Crippen molar-refractivity contribution in [2.45, 2.75) is 18.4 Å². The molecular weight excluding hydrogens is 284 g/mol. The van der Waals surface area contributed by atoms with Gasteiger partial charge in [0, 0.05) is 20.7 Å². The molecular formula is C13H17ClN2O4. The monoisotopic (exact) mass is 300 g/mol. The quantitative estimate of drug-likeness (QED) is 0.910. The van der Waals surface area contributed by atoms with Crippen molar-refractivity contribution < 1.29 is 18.7 Å². The summed E-state index contributed by atoms with van der Waals surface area (Å²) in [6.45, 7) is 0.630. The Morgan fingerprint density at radius 2 is 2.35 bits per heavy atom. The van der Waals surface area contributed by atoms with Crippen LogP contribution in [0.15, 0.2) is 16.7 Å². The zero-order valence-corrected chi connectivity index (χ0v) is 12.2. The van der Waals surface area contributed by atoms with Gasteiger partial charge in [-0.1, -0.05) is 0 Å². The van der Waals surface area contributed by atoms with Crippen LogP contribution in [-0.4, -0.2) is 49.6 Å². The molecule has 0 aliphatic carbocycles. The highest BCUT2D eigenvalue weighted by atomic mass is 35.5. The molecule has 110 valence electrons. The number of likely N-dealkylation sites (N-methyl/N-ethyl adjacent to an activating group) is 1. The van der Waals surface area contributed by atoms with Crippen LogP contribution >= 0.6 is 11.6 Å². The second kappa shape index (κ2) is 5.85. The van der Waals surface area contributed by atoms with Crippen molar-refractivity contribution in [1.82, 2.24) is 10.2 Å². The van der Waals surface area contributed by atoms with Crippen molar-refractivity contribution in [2.75, 3.05) is 27.3 Å². The molecule has 20 heavy (non-hydrogen) atoms. The fraction of sp³-hybridized carbons (Fsp3) is 0.538. The first-order valence-corrected chi connectivity index (χ1v) is 6.70. The maximum Gasteiger partial charge on any atom is 0.259 e. The van der Waals surface area contributed by atoms with Crippen LogP contribution in [0, 0.1) is 0 Å². The smallest absolute Gasteiger partial charge is 0.259 e. The van der Waals surface area contributed by atoms with Gasteiger partial charge in [0.1, 0.15) is 5.54 Å². The van der Waals surface area contributed by atoms with Gasteiger partial charge < -0.3 is 19.4 Å². The Balaban J connectivity index is 2.36. The Hall–Kier alpha value is -1.53. The average Bonchev–Trinajstić information content (AvgIpc) is 3.04. The Bertz CT molecular complexity index is 516. The molecule has 1 fully saturated rings. The summed E-state index contributed by atoms with van der Waals surface area (Å²) in [5.41, 5.74) is -0.723. The Morgan fingerprint density at radius 3 is 2.90 bits per heavy atom. The highest BCUT2D eigenvalue weighted by Gasteiger charge is 2.50. The molecule has 1 unspecified atom stereocenters. The number of amides is 2. The van der Waals surface area contributed by atoms with Crippen LogP contribution in [-0.2, 0) is 9.53 Å². The fourth-order valence-electron chi connectivity index (χ4n) is 2.69. The molecule has 1 aliphatic heterocycles. The number of rotatable bonds is 4. The van der Waals surface area contributed by atoms with E-state index in [4.69, 9.17) is 20.8 Å². The molecule has 1 aliphatic rings. The number of hydrogen-bond acceptors (Lipinski definition) is 4. The highest BCUT2D eigenvalue weighted by molar-refractivity contribution is 6.32. The lowest BCUT2D eigenvalue weighted by Gasteiger charge is -2.36. The van der Waals surface area contributed by atoms with E-state index in [0.29, 0.717) is 13.0 Å². The number of nitrogens with zero attached hydrogens (tertiary/aromatic N) is 1. The molecule has 6 nitrogen and oxygen atoms in total. The van der Waals surface area contributed by atoms with Gasteiger partial charge in [0.25, 0.3) is 5.91 Å². The van der Waals surface area contributed by atoms with Crippen molar-refractivity contribution in [3.63, 3.8) is 0 Å². The minimum absolute atomic E-state index is 0.0325. The number of furan rings is 1. The molecule has 1 aromatic rings. The molecule has 1 aromatic heterocycles. The van der Waals surface area contributed by atoms with E-state index < -0.39 is 5.54 Å². The Kier molecular flexibility index (Phi) is 4.35. The first-order valence-electron chi connectivity index (χ1n) is 6.33. The summed E-state index contributed by atoms with van der Waals surface area (Å²) in [7, 11) is 3.06. The van der Waals surface area contributed by atoms with Crippen molar-refractivity contribution in [1.29, 1.82) is 0 Å². The van der Waals surface area contributed by atoms with Crippen LogP contribution in [0.1, 0.15) is 23.2 Å². The number of nitrogens with one attached hydrogen (secondary N) is 1. The van der Waals surface area contributed by atoms with Crippen LogP contribution in [0.4, 0.5) is 0 Å². The summed E-state index contributed by atoms with van der Waals surface area (Å²) in [6.07, 6.45) is 2.64. The first kappa shape index (κ1) is 14.9. The minimum atomic E-state index is -0.985. The van der Waals surface area contributed by atoms with Crippen LogP contribution in [0.25, 0.3) is 0 Å². The van der Waals surface area contributed by atoms with E-state index in [0.717, 1.165) is 6.42 Å². The number of carbonyl (C=O) groups excluding carboxylic acids is 2. The Morgan fingerprint density at radius 1 is 1.60 bits per heavy atom. The van der Waals surface area contributed by atoms with E-state index in [1.165, 1.54) is 24.3 Å². The normalized spacial score (nSPS) is 22.1. The number of ether oxygens (including phenoxy) is 1. The number of hydrogen-bond donors (Lipinski definition) is 1. The number of methoxy groups -OCH3 is 1.